The second kappa shape index (κ2) is 6.18. The number of nitrogens with one attached hydrogen (secondary N) is 2. The molecule has 0 heterocycles. The van der Waals surface area contributed by atoms with E-state index in [4.69, 9.17) is 5.11 Å². The molecule has 0 aromatic heterocycles. The van der Waals surface area contributed by atoms with Crippen molar-refractivity contribution in [3.8, 4) is 0 Å². The van der Waals surface area contributed by atoms with Crippen molar-refractivity contribution in [2.24, 2.45) is 11.8 Å². The summed E-state index contributed by atoms with van der Waals surface area (Å²) in [5.74, 6) is -1.05. The molecule has 0 aromatic rings. The summed E-state index contributed by atoms with van der Waals surface area (Å²) in [5.41, 5.74) is 0. The Bertz CT molecular complexity index is 378. The highest BCUT2D eigenvalue weighted by Gasteiger charge is 2.30. The van der Waals surface area contributed by atoms with Crippen LogP contribution in [0.1, 0.15) is 26.7 Å². The minimum atomic E-state index is -1.23. The van der Waals surface area contributed by atoms with Crippen LogP contribution in [0.4, 0.5) is 4.79 Å². The Morgan fingerprint density at radius 2 is 1.83 bits per heavy atom. The first-order chi connectivity index (χ1) is 8.40. The number of hydrogen-bond donors (Lipinski definition) is 3. The third kappa shape index (κ3) is 4.20. The fourth-order valence-electron chi connectivity index (χ4n) is 2.07. The lowest BCUT2D eigenvalue weighted by Gasteiger charge is -2.19. The minimum absolute atomic E-state index is 0.0660. The zero-order chi connectivity index (χ0) is 13.7. The van der Waals surface area contributed by atoms with Gasteiger partial charge in [0.1, 0.15) is 0 Å². The first-order valence-electron chi connectivity index (χ1n) is 5.92. The van der Waals surface area contributed by atoms with Crippen LogP contribution >= 0.6 is 0 Å². The van der Waals surface area contributed by atoms with Gasteiger partial charge in [0.25, 0.3) is 5.91 Å². The molecule has 0 saturated heterocycles. The molecule has 1 aliphatic rings. The second-order valence-electron chi connectivity index (χ2n) is 4.65. The van der Waals surface area contributed by atoms with E-state index >= 15 is 0 Å². The van der Waals surface area contributed by atoms with E-state index in [1.54, 1.807) is 0 Å². The lowest BCUT2D eigenvalue weighted by molar-refractivity contribution is -0.131. The number of carboxylic acids is 1. The average molecular weight is 254 g/mol. The predicted molar refractivity (Wildman–Crippen MR) is 64.8 cm³/mol. The van der Waals surface area contributed by atoms with Gasteiger partial charge in [-0.05, 0) is 24.7 Å². The molecule has 1 fully saturated rings. The van der Waals surface area contributed by atoms with Crippen LogP contribution in [-0.2, 0) is 9.59 Å². The van der Waals surface area contributed by atoms with Crippen molar-refractivity contribution in [2.45, 2.75) is 32.7 Å². The van der Waals surface area contributed by atoms with E-state index in [1.807, 2.05) is 0 Å². The lowest BCUT2D eigenvalue weighted by atomic mass is 9.98. The van der Waals surface area contributed by atoms with Gasteiger partial charge in [-0.25, -0.2) is 9.59 Å². The number of imide groups is 1. The molecule has 6 heteroatoms. The van der Waals surface area contributed by atoms with Gasteiger partial charge < -0.3 is 10.4 Å². The molecule has 100 valence electrons. The highest BCUT2D eigenvalue weighted by Crippen LogP contribution is 2.30. The first kappa shape index (κ1) is 14.2. The zero-order valence-corrected chi connectivity index (χ0v) is 10.5. The van der Waals surface area contributed by atoms with Crippen LogP contribution in [0.5, 0.6) is 0 Å². The van der Waals surface area contributed by atoms with Gasteiger partial charge in [-0.1, -0.05) is 13.8 Å². The summed E-state index contributed by atoms with van der Waals surface area (Å²) in [6, 6.07) is -0.516. The highest BCUT2D eigenvalue weighted by molar-refractivity contribution is 6.02. The van der Waals surface area contributed by atoms with E-state index in [0.717, 1.165) is 18.9 Å². The van der Waals surface area contributed by atoms with E-state index in [2.05, 4.69) is 24.5 Å². The van der Waals surface area contributed by atoms with E-state index in [9.17, 15) is 14.4 Å². The topological polar surface area (TPSA) is 95.5 Å². The lowest BCUT2D eigenvalue weighted by Crippen LogP contribution is -2.45. The second-order valence-corrected chi connectivity index (χ2v) is 4.65. The molecule has 18 heavy (non-hydrogen) atoms. The summed E-state index contributed by atoms with van der Waals surface area (Å²) in [6.07, 6.45) is 3.44. The summed E-state index contributed by atoms with van der Waals surface area (Å²) in [5, 5.41) is 13.1. The smallest absolute Gasteiger partial charge is 0.328 e. The van der Waals surface area contributed by atoms with Gasteiger partial charge in [0, 0.05) is 18.2 Å². The molecule has 1 rings (SSSR count). The Morgan fingerprint density at radius 3 is 2.33 bits per heavy atom. The SMILES string of the molecule is CC1CCC(NC(=O)NC(=O)C=CC(=O)O)C1C. The molecule has 6 nitrogen and oxygen atoms in total. The summed E-state index contributed by atoms with van der Waals surface area (Å²) in [6.45, 7) is 4.19. The monoisotopic (exact) mass is 254 g/mol. The van der Waals surface area contributed by atoms with E-state index in [1.165, 1.54) is 0 Å². The number of carbonyl (C=O) groups excluding carboxylic acids is 2. The Balaban J connectivity index is 2.38. The van der Waals surface area contributed by atoms with Crippen molar-refractivity contribution < 1.29 is 19.5 Å². The van der Waals surface area contributed by atoms with Crippen molar-refractivity contribution in [2.75, 3.05) is 0 Å². The van der Waals surface area contributed by atoms with Crippen LogP contribution < -0.4 is 10.6 Å². The number of aliphatic carboxylic acids is 1. The molecular weight excluding hydrogens is 236 g/mol. The van der Waals surface area contributed by atoms with Crippen LogP contribution in [0, 0.1) is 11.8 Å². The molecule has 0 bridgehead atoms. The Kier molecular flexibility index (Phi) is 4.88. The quantitative estimate of drug-likeness (QED) is 0.652. The zero-order valence-electron chi connectivity index (χ0n) is 10.5. The minimum Gasteiger partial charge on any atom is -0.478 e. The van der Waals surface area contributed by atoms with Gasteiger partial charge in [-0.2, -0.15) is 0 Å². The van der Waals surface area contributed by atoms with Crippen molar-refractivity contribution >= 4 is 17.9 Å². The summed E-state index contributed by atoms with van der Waals surface area (Å²) in [7, 11) is 0. The van der Waals surface area contributed by atoms with E-state index in [-0.39, 0.29) is 6.04 Å². The van der Waals surface area contributed by atoms with Gasteiger partial charge in [0.15, 0.2) is 0 Å². The van der Waals surface area contributed by atoms with Crippen molar-refractivity contribution in [3.05, 3.63) is 12.2 Å². The number of carbonyl (C=O) groups is 3. The standard InChI is InChI=1S/C12H18N2O4/c1-7-3-4-9(8(7)2)13-12(18)14-10(15)5-6-11(16)17/h5-9H,3-4H2,1-2H3,(H,16,17)(H2,13,14,15,18). The Morgan fingerprint density at radius 1 is 1.17 bits per heavy atom. The number of urea groups is 1. The van der Waals surface area contributed by atoms with Crippen LogP contribution in [-0.4, -0.2) is 29.1 Å². The van der Waals surface area contributed by atoms with Crippen LogP contribution in [0.25, 0.3) is 0 Å². The molecule has 1 saturated carbocycles. The van der Waals surface area contributed by atoms with Gasteiger partial charge in [0.2, 0.25) is 0 Å². The predicted octanol–water partition coefficient (Wildman–Crippen LogP) is 0.888. The third-order valence-electron chi connectivity index (χ3n) is 3.40. The van der Waals surface area contributed by atoms with Gasteiger partial charge in [-0.15, -0.1) is 0 Å². The van der Waals surface area contributed by atoms with Gasteiger partial charge in [-0.3, -0.25) is 10.1 Å². The largest absolute Gasteiger partial charge is 0.478 e. The summed E-state index contributed by atoms with van der Waals surface area (Å²) < 4.78 is 0. The molecule has 0 radical (unpaired) electrons. The number of rotatable bonds is 3. The molecule has 0 aliphatic heterocycles. The van der Waals surface area contributed by atoms with Crippen molar-refractivity contribution in [3.63, 3.8) is 0 Å². The molecule has 3 unspecified atom stereocenters. The number of hydrogen-bond acceptors (Lipinski definition) is 3. The maximum Gasteiger partial charge on any atom is 0.328 e. The Labute approximate surface area is 105 Å². The van der Waals surface area contributed by atoms with Crippen molar-refractivity contribution in [1.29, 1.82) is 0 Å². The summed E-state index contributed by atoms with van der Waals surface area (Å²) in [4.78, 5) is 32.8. The summed E-state index contributed by atoms with van der Waals surface area (Å²) >= 11 is 0. The molecule has 1 aliphatic carbocycles. The van der Waals surface area contributed by atoms with E-state index in [0.29, 0.717) is 17.9 Å². The third-order valence-corrected chi connectivity index (χ3v) is 3.40. The Hall–Kier alpha value is -1.85. The van der Waals surface area contributed by atoms with E-state index < -0.39 is 17.9 Å². The molecule has 3 amide bonds. The van der Waals surface area contributed by atoms with Gasteiger partial charge >= 0.3 is 12.0 Å². The van der Waals surface area contributed by atoms with Crippen molar-refractivity contribution in [1.82, 2.24) is 10.6 Å². The fourth-order valence-corrected chi connectivity index (χ4v) is 2.07. The van der Waals surface area contributed by atoms with Crippen LogP contribution in [0.15, 0.2) is 12.2 Å². The fraction of sp³-hybridized carbons (Fsp3) is 0.583. The number of amides is 3. The normalized spacial score (nSPS) is 27.1. The van der Waals surface area contributed by atoms with Crippen LogP contribution in [0.2, 0.25) is 0 Å². The first-order valence-corrected chi connectivity index (χ1v) is 5.92. The average Bonchev–Trinajstić information content (AvgIpc) is 2.58. The molecule has 0 spiro atoms. The maximum atomic E-state index is 11.5. The van der Waals surface area contributed by atoms with Gasteiger partial charge in [0.05, 0.1) is 0 Å². The highest BCUT2D eigenvalue weighted by atomic mass is 16.4. The van der Waals surface area contributed by atoms with Crippen LogP contribution in [0.3, 0.4) is 0 Å². The maximum absolute atomic E-state index is 11.5. The molecular formula is C12H18N2O4. The molecule has 3 atom stereocenters. The number of carboxylic acid groups (broad SMARTS) is 1. The molecule has 3 N–H and O–H groups in total. The molecule has 0 aromatic carbocycles.